The topological polar surface area (TPSA) is 18.5 Å². The lowest BCUT2D eigenvalue weighted by molar-refractivity contribution is 0.204. The van der Waals surface area contributed by atoms with Crippen LogP contribution in [0, 0.1) is 0 Å². The summed E-state index contributed by atoms with van der Waals surface area (Å²) in [7, 11) is -1.82. The highest BCUT2D eigenvalue weighted by atomic mass is 32.4. The lowest BCUT2D eigenvalue weighted by atomic mass is 10.3. The molecule has 0 radical (unpaired) electrons. The second-order valence-electron chi connectivity index (χ2n) is 3.21. The summed E-state index contributed by atoms with van der Waals surface area (Å²) in [5, 5.41) is 0. The van der Waals surface area contributed by atoms with Crippen LogP contribution in [0.25, 0.3) is 0 Å². The third-order valence-corrected chi connectivity index (χ3v) is 8.78. The van der Waals surface area contributed by atoms with Gasteiger partial charge in [0.15, 0.2) is 0 Å². The zero-order valence-corrected chi connectivity index (χ0v) is 10.5. The quantitative estimate of drug-likeness (QED) is 0.679. The van der Waals surface area contributed by atoms with Crippen molar-refractivity contribution in [3.63, 3.8) is 0 Å². The highest BCUT2D eigenvalue weighted by molar-refractivity contribution is 8.27. The van der Waals surface area contributed by atoms with Crippen LogP contribution in [0.3, 0.4) is 0 Å². The Morgan fingerprint density at radius 3 is 2.38 bits per heavy atom. The SMILES string of the molecule is CCO[Si]1(OCC)CCCCCS1. The summed E-state index contributed by atoms with van der Waals surface area (Å²) in [4.78, 5) is 0. The molecule has 1 aliphatic heterocycles. The molecule has 0 unspecified atom stereocenters. The lowest BCUT2D eigenvalue weighted by Crippen LogP contribution is -2.38. The van der Waals surface area contributed by atoms with E-state index in [1.54, 1.807) is 0 Å². The summed E-state index contributed by atoms with van der Waals surface area (Å²) in [5.41, 5.74) is 0. The van der Waals surface area contributed by atoms with E-state index < -0.39 is 7.71 Å². The molecule has 0 N–H and O–H groups in total. The minimum absolute atomic E-state index is 0.805. The average Bonchev–Trinajstić information content (AvgIpc) is 2.32. The fourth-order valence-electron chi connectivity index (χ4n) is 1.63. The van der Waals surface area contributed by atoms with Crippen molar-refractivity contribution in [3.8, 4) is 0 Å². The molecule has 2 nitrogen and oxygen atoms in total. The number of hydrogen-bond acceptors (Lipinski definition) is 3. The van der Waals surface area contributed by atoms with Crippen molar-refractivity contribution in [2.45, 2.75) is 39.2 Å². The van der Waals surface area contributed by atoms with Gasteiger partial charge in [-0.05, 0) is 26.0 Å². The first-order chi connectivity index (χ1) is 6.33. The summed E-state index contributed by atoms with van der Waals surface area (Å²) in [6.45, 7) is 5.75. The van der Waals surface area contributed by atoms with Crippen LogP contribution in [-0.4, -0.2) is 26.7 Å². The number of hydrogen-bond donors (Lipinski definition) is 0. The monoisotopic (exact) mass is 220 g/mol. The molecule has 0 aliphatic carbocycles. The molecule has 4 heteroatoms. The second-order valence-corrected chi connectivity index (χ2v) is 9.08. The molecule has 78 valence electrons. The molecule has 0 atom stereocenters. The molecular formula is C9H20O2SSi. The lowest BCUT2D eigenvalue weighted by Gasteiger charge is -2.27. The molecule has 1 rings (SSSR count). The Balaban J connectivity index is 2.50. The van der Waals surface area contributed by atoms with Crippen LogP contribution < -0.4 is 0 Å². The van der Waals surface area contributed by atoms with Gasteiger partial charge >= 0.3 is 7.71 Å². The van der Waals surface area contributed by atoms with Crippen molar-refractivity contribution in [1.82, 2.24) is 0 Å². The van der Waals surface area contributed by atoms with E-state index in [0.29, 0.717) is 0 Å². The first-order valence-corrected chi connectivity index (χ1v) is 8.98. The fraction of sp³-hybridized carbons (Fsp3) is 1.00. The molecule has 1 heterocycles. The molecule has 0 bridgehead atoms. The van der Waals surface area contributed by atoms with E-state index in [4.69, 9.17) is 8.85 Å². The maximum Gasteiger partial charge on any atom is 0.406 e. The normalized spacial score (nSPS) is 22.6. The maximum absolute atomic E-state index is 5.87. The highest BCUT2D eigenvalue weighted by Gasteiger charge is 2.38. The summed E-state index contributed by atoms with van der Waals surface area (Å²) in [6.07, 6.45) is 3.97. The van der Waals surface area contributed by atoms with Crippen molar-refractivity contribution in [2.24, 2.45) is 0 Å². The average molecular weight is 220 g/mol. The van der Waals surface area contributed by atoms with Gasteiger partial charge in [0, 0.05) is 19.3 Å². The van der Waals surface area contributed by atoms with Gasteiger partial charge in [-0.2, -0.15) is 0 Å². The van der Waals surface area contributed by atoms with Gasteiger partial charge in [0.2, 0.25) is 0 Å². The zero-order chi connectivity index (χ0) is 9.57. The Labute approximate surface area is 86.3 Å². The van der Waals surface area contributed by atoms with Crippen molar-refractivity contribution in [3.05, 3.63) is 0 Å². The molecule has 1 fully saturated rings. The predicted octanol–water partition coefficient (Wildman–Crippen LogP) is 2.92. The Hall–Kier alpha value is 0.487. The van der Waals surface area contributed by atoms with Crippen molar-refractivity contribution in [1.29, 1.82) is 0 Å². The largest absolute Gasteiger partial charge is 0.406 e. The minimum Gasteiger partial charge on any atom is -0.387 e. The molecule has 0 amide bonds. The standard InChI is InChI=1S/C9H20O2SSi/c1-3-10-13(11-4-2)9-7-5-6-8-12-13/h3-9H2,1-2H3. The molecular weight excluding hydrogens is 200 g/mol. The van der Waals surface area contributed by atoms with Gasteiger partial charge in [-0.15, -0.1) is 11.2 Å². The van der Waals surface area contributed by atoms with E-state index in [1.807, 2.05) is 11.2 Å². The Morgan fingerprint density at radius 2 is 1.77 bits per heavy atom. The van der Waals surface area contributed by atoms with Crippen LogP contribution in [0.1, 0.15) is 33.1 Å². The van der Waals surface area contributed by atoms with Crippen molar-refractivity contribution >= 4 is 18.9 Å². The summed E-state index contributed by atoms with van der Waals surface area (Å²) in [6, 6.07) is 1.18. The van der Waals surface area contributed by atoms with E-state index in [-0.39, 0.29) is 0 Å². The first kappa shape index (κ1) is 11.6. The summed E-state index contributed by atoms with van der Waals surface area (Å²) in [5.74, 6) is 1.23. The summed E-state index contributed by atoms with van der Waals surface area (Å²) >= 11 is 1.98. The zero-order valence-electron chi connectivity index (χ0n) is 8.67. The Morgan fingerprint density at radius 1 is 1.08 bits per heavy atom. The Kier molecular flexibility index (Phi) is 5.39. The van der Waals surface area contributed by atoms with Crippen LogP contribution in [0.2, 0.25) is 6.04 Å². The van der Waals surface area contributed by atoms with Gasteiger partial charge in [0.25, 0.3) is 0 Å². The van der Waals surface area contributed by atoms with Gasteiger partial charge in [-0.25, -0.2) is 0 Å². The molecule has 1 saturated heterocycles. The van der Waals surface area contributed by atoms with Gasteiger partial charge in [-0.1, -0.05) is 12.8 Å². The number of rotatable bonds is 4. The molecule has 0 aromatic carbocycles. The smallest absolute Gasteiger partial charge is 0.387 e. The van der Waals surface area contributed by atoms with Gasteiger partial charge < -0.3 is 8.85 Å². The highest BCUT2D eigenvalue weighted by Crippen LogP contribution is 2.33. The van der Waals surface area contributed by atoms with Crippen LogP contribution in [0.4, 0.5) is 0 Å². The van der Waals surface area contributed by atoms with Gasteiger partial charge in [0.05, 0.1) is 0 Å². The molecule has 13 heavy (non-hydrogen) atoms. The van der Waals surface area contributed by atoms with E-state index in [2.05, 4.69) is 13.8 Å². The predicted molar refractivity (Wildman–Crippen MR) is 60.1 cm³/mol. The molecule has 0 saturated carbocycles. The van der Waals surface area contributed by atoms with Crippen LogP contribution >= 0.6 is 11.2 Å². The molecule has 0 spiro atoms. The maximum atomic E-state index is 5.87. The second kappa shape index (κ2) is 6.06. The van der Waals surface area contributed by atoms with Gasteiger partial charge in [-0.3, -0.25) is 0 Å². The van der Waals surface area contributed by atoms with Crippen LogP contribution in [0.15, 0.2) is 0 Å². The van der Waals surface area contributed by atoms with E-state index >= 15 is 0 Å². The van der Waals surface area contributed by atoms with E-state index in [1.165, 1.54) is 31.1 Å². The minimum atomic E-state index is -1.82. The van der Waals surface area contributed by atoms with Gasteiger partial charge in [0.1, 0.15) is 0 Å². The third kappa shape index (κ3) is 3.62. The third-order valence-electron chi connectivity index (χ3n) is 2.18. The van der Waals surface area contributed by atoms with E-state index in [9.17, 15) is 0 Å². The Bertz CT molecular complexity index is 128. The molecule has 0 aromatic rings. The van der Waals surface area contributed by atoms with E-state index in [0.717, 1.165) is 13.2 Å². The van der Waals surface area contributed by atoms with Crippen LogP contribution in [-0.2, 0) is 8.85 Å². The first-order valence-electron chi connectivity index (χ1n) is 5.25. The summed E-state index contributed by atoms with van der Waals surface area (Å²) < 4.78 is 11.7. The molecule has 0 aromatic heterocycles. The van der Waals surface area contributed by atoms with Crippen molar-refractivity contribution in [2.75, 3.05) is 19.0 Å². The van der Waals surface area contributed by atoms with Crippen LogP contribution in [0.5, 0.6) is 0 Å². The molecule has 1 aliphatic rings. The fourth-order valence-corrected chi connectivity index (χ4v) is 7.97. The van der Waals surface area contributed by atoms with Crippen molar-refractivity contribution < 1.29 is 8.85 Å².